The molecule has 1 amide bonds. The normalized spacial score (nSPS) is 12.1. The summed E-state index contributed by atoms with van der Waals surface area (Å²) in [4.78, 5) is 25.9. The molecule has 4 aromatic rings. The molecule has 1 atom stereocenters. The molecule has 0 spiro atoms. The van der Waals surface area contributed by atoms with Crippen LogP contribution in [0, 0.1) is 6.92 Å². The maximum Gasteiger partial charge on any atom is 0.252 e. The number of aryl methyl sites for hydroxylation is 1. The molecule has 0 aliphatic heterocycles. The number of amides is 1. The van der Waals surface area contributed by atoms with Crippen LogP contribution >= 0.6 is 0 Å². The van der Waals surface area contributed by atoms with Crippen molar-refractivity contribution in [1.29, 1.82) is 0 Å². The molecule has 4 rings (SSSR count). The molecule has 3 aromatic heterocycles. The van der Waals surface area contributed by atoms with E-state index in [4.69, 9.17) is 4.52 Å². The van der Waals surface area contributed by atoms with Gasteiger partial charge in [0.15, 0.2) is 5.82 Å². The minimum Gasteiger partial charge on any atom is -0.340 e. The summed E-state index contributed by atoms with van der Waals surface area (Å²) in [6, 6.07) is 12.7. The van der Waals surface area contributed by atoms with Gasteiger partial charge in [-0.3, -0.25) is 9.78 Å². The van der Waals surface area contributed by atoms with Crippen LogP contribution in [0.25, 0.3) is 22.2 Å². The second-order valence-corrected chi connectivity index (χ2v) is 6.18. The van der Waals surface area contributed by atoms with Gasteiger partial charge in [0.05, 0.1) is 16.8 Å². The molecule has 0 unspecified atom stereocenters. The number of hydrogen-bond donors (Lipinski definition) is 1. The van der Waals surface area contributed by atoms with E-state index < -0.39 is 6.04 Å². The third-order valence-electron chi connectivity index (χ3n) is 4.20. The molecule has 1 aromatic carbocycles. The highest BCUT2D eigenvalue weighted by Gasteiger charge is 2.19. The summed E-state index contributed by atoms with van der Waals surface area (Å²) in [6.45, 7) is 3.54. The Kier molecular flexibility index (Phi) is 4.33. The Labute approximate surface area is 155 Å². The summed E-state index contributed by atoms with van der Waals surface area (Å²) in [5.74, 6) is 0.668. The summed E-state index contributed by atoms with van der Waals surface area (Å²) in [6.07, 6.45) is 3.40. The number of carbonyl (C=O) groups excluding carboxylic acids is 1. The van der Waals surface area contributed by atoms with Gasteiger partial charge in [-0.2, -0.15) is 4.98 Å². The maximum atomic E-state index is 13.0. The fourth-order valence-electron chi connectivity index (χ4n) is 2.86. The van der Waals surface area contributed by atoms with Crippen molar-refractivity contribution in [3.8, 4) is 11.3 Å². The van der Waals surface area contributed by atoms with Crippen molar-refractivity contribution >= 4 is 16.8 Å². The molecule has 3 heterocycles. The number of nitrogens with zero attached hydrogens (tertiary/aromatic N) is 4. The predicted molar refractivity (Wildman–Crippen MR) is 99.9 cm³/mol. The van der Waals surface area contributed by atoms with E-state index in [9.17, 15) is 4.79 Å². The molecule has 134 valence electrons. The van der Waals surface area contributed by atoms with Crippen LogP contribution in [0.4, 0.5) is 0 Å². The number of pyridine rings is 2. The number of aromatic nitrogens is 4. The van der Waals surface area contributed by atoms with Crippen LogP contribution in [-0.2, 0) is 0 Å². The molecule has 0 aliphatic rings. The number of benzene rings is 1. The predicted octanol–water partition coefficient (Wildman–Crippen LogP) is 3.48. The van der Waals surface area contributed by atoms with E-state index in [2.05, 4.69) is 25.4 Å². The van der Waals surface area contributed by atoms with Gasteiger partial charge in [0.25, 0.3) is 5.91 Å². The van der Waals surface area contributed by atoms with Crippen molar-refractivity contribution in [1.82, 2.24) is 25.4 Å². The molecule has 0 saturated heterocycles. The van der Waals surface area contributed by atoms with Gasteiger partial charge < -0.3 is 9.84 Å². The maximum absolute atomic E-state index is 13.0. The monoisotopic (exact) mass is 359 g/mol. The Balaban J connectivity index is 1.74. The molecular weight excluding hydrogens is 342 g/mol. The van der Waals surface area contributed by atoms with Gasteiger partial charge in [0.2, 0.25) is 5.89 Å². The number of nitrogens with one attached hydrogen (secondary N) is 1. The lowest BCUT2D eigenvalue weighted by molar-refractivity contribution is 0.0934. The number of hydrogen-bond acceptors (Lipinski definition) is 6. The van der Waals surface area contributed by atoms with E-state index in [1.54, 1.807) is 32.3 Å². The van der Waals surface area contributed by atoms with E-state index in [0.29, 0.717) is 23.0 Å². The standard InChI is InChI=1S/C20H17N5O2/c1-12(20-23-13(2)25-27-20)22-19(26)16-11-18(14-7-9-21-10-8-14)24-17-6-4-3-5-15(16)17/h3-12H,1-2H3,(H,22,26)/t12-/m0/s1. The van der Waals surface area contributed by atoms with Crippen LogP contribution in [0.3, 0.4) is 0 Å². The zero-order chi connectivity index (χ0) is 18.8. The number of para-hydroxylation sites is 1. The Hall–Kier alpha value is -3.61. The van der Waals surface area contributed by atoms with Crippen molar-refractivity contribution in [3.63, 3.8) is 0 Å². The smallest absolute Gasteiger partial charge is 0.252 e. The van der Waals surface area contributed by atoms with Crippen LogP contribution in [0.15, 0.2) is 59.4 Å². The van der Waals surface area contributed by atoms with Crippen LogP contribution < -0.4 is 5.32 Å². The van der Waals surface area contributed by atoms with Gasteiger partial charge >= 0.3 is 0 Å². The van der Waals surface area contributed by atoms with E-state index in [1.165, 1.54) is 0 Å². The highest BCUT2D eigenvalue weighted by molar-refractivity contribution is 6.07. The minimum atomic E-state index is -0.407. The molecule has 7 nitrogen and oxygen atoms in total. The van der Waals surface area contributed by atoms with Crippen LogP contribution in [-0.4, -0.2) is 26.0 Å². The van der Waals surface area contributed by atoms with Gasteiger partial charge in [0, 0.05) is 23.3 Å². The van der Waals surface area contributed by atoms with Gasteiger partial charge in [-0.25, -0.2) is 4.98 Å². The average Bonchev–Trinajstić information content (AvgIpc) is 3.14. The Bertz CT molecular complexity index is 1110. The fraction of sp³-hybridized carbons (Fsp3) is 0.150. The van der Waals surface area contributed by atoms with Crippen LogP contribution in [0.5, 0.6) is 0 Å². The second-order valence-electron chi connectivity index (χ2n) is 6.18. The first kappa shape index (κ1) is 16.8. The number of carbonyl (C=O) groups is 1. The van der Waals surface area contributed by atoms with Gasteiger partial charge in [-0.1, -0.05) is 23.4 Å². The molecule has 0 aliphatic carbocycles. The average molecular weight is 359 g/mol. The van der Waals surface area contributed by atoms with E-state index in [0.717, 1.165) is 16.5 Å². The van der Waals surface area contributed by atoms with E-state index >= 15 is 0 Å². The molecule has 0 bridgehead atoms. The zero-order valence-corrected chi connectivity index (χ0v) is 14.9. The summed E-state index contributed by atoms with van der Waals surface area (Å²) < 4.78 is 5.15. The summed E-state index contributed by atoms with van der Waals surface area (Å²) in [7, 11) is 0. The highest BCUT2D eigenvalue weighted by atomic mass is 16.5. The summed E-state index contributed by atoms with van der Waals surface area (Å²) in [5, 5.41) is 7.47. The van der Waals surface area contributed by atoms with Crippen molar-refractivity contribution in [2.75, 3.05) is 0 Å². The lowest BCUT2D eigenvalue weighted by Crippen LogP contribution is -2.27. The molecular formula is C20H17N5O2. The Morgan fingerprint density at radius 2 is 1.89 bits per heavy atom. The van der Waals surface area contributed by atoms with Gasteiger partial charge in [0.1, 0.15) is 6.04 Å². The van der Waals surface area contributed by atoms with Gasteiger partial charge in [-0.05, 0) is 38.1 Å². The summed E-state index contributed by atoms with van der Waals surface area (Å²) >= 11 is 0. The molecule has 0 saturated carbocycles. The fourth-order valence-corrected chi connectivity index (χ4v) is 2.86. The van der Waals surface area contributed by atoms with Crippen LogP contribution in [0.1, 0.15) is 35.0 Å². The third-order valence-corrected chi connectivity index (χ3v) is 4.20. The first-order chi connectivity index (χ1) is 13.1. The molecule has 27 heavy (non-hydrogen) atoms. The topological polar surface area (TPSA) is 93.8 Å². The minimum absolute atomic E-state index is 0.229. The van der Waals surface area contributed by atoms with Crippen molar-refractivity contribution in [2.24, 2.45) is 0 Å². The first-order valence-corrected chi connectivity index (χ1v) is 8.53. The Morgan fingerprint density at radius 3 is 2.63 bits per heavy atom. The third kappa shape index (κ3) is 3.39. The quantitative estimate of drug-likeness (QED) is 0.599. The number of fused-ring (bicyclic) bond motifs is 1. The largest absolute Gasteiger partial charge is 0.340 e. The van der Waals surface area contributed by atoms with Crippen molar-refractivity contribution in [2.45, 2.75) is 19.9 Å². The second kappa shape index (κ2) is 6.95. The molecule has 1 N–H and O–H groups in total. The first-order valence-electron chi connectivity index (χ1n) is 8.53. The Morgan fingerprint density at radius 1 is 1.11 bits per heavy atom. The summed E-state index contributed by atoms with van der Waals surface area (Å²) in [5.41, 5.74) is 2.89. The lowest BCUT2D eigenvalue weighted by atomic mass is 10.0. The zero-order valence-electron chi connectivity index (χ0n) is 14.9. The van der Waals surface area contributed by atoms with Gasteiger partial charge in [-0.15, -0.1) is 0 Å². The SMILES string of the molecule is Cc1noc([C@H](C)NC(=O)c2cc(-c3ccncc3)nc3ccccc23)n1. The molecule has 0 radical (unpaired) electrons. The van der Waals surface area contributed by atoms with Crippen molar-refractivity contribution in [3.05, 3.63) is 72.1 Å². The number of rotatable bonds is 4. The van der Waals surface area contributed by atoms with E-state index in [-0.39, 0.29) is 5.91 Å². The van der Waals surface area contributed by atoms with Crippen LogP contribution in [0.2, 0.25) is 0 Å². The highest BCUT2D eigenvalue weighted by Crippen LogP contribution is 2.25. The van der Waals surface area contributed by atoms with Crippen molar-refractivity contribution < 1.29 is 9.32 Å². The lowest BCUT2D eigenvalue weighted by Gasteiger charge is -2.13. The van der Waals surface area contributed by atoms with E-state index in [1.807, 2.05) is 36.4 Å². The molecule has 0 fully saturated rings. The molecule has 7 heteroatoms.